The Morgan fingerprint density at radius 2 is 0.598 bits per heavy atom. The van der Waals surface area contributed by atoms with E-state index in [0.29, 0.717) is 128 Å². The number of carbonyl (C=O) groups excluding carboxylic acids is 4. The third kappa shape index (κ3) is 12.8. The summed E-state index contributed by atoms with van der Waals surface area (Å²) in [6.45, 7) is 19.8. The zero-order valence-corrected chi connectivity index (χ0v) is 58.6. The molecule has 8 atom stereocenters. The van der Waals surface area contributed by atoms with Crippen molar-refractivity contribution >= 4 is 131 Å². The molecule has 9 heterocycles. The Kier molecular flexibility index (Phi) is 18.1. The second-order valence-electron chi connectivity index (χ2n) is 25.2. The van der Waals surface area contributed by atoms with E-state index in [-0.39, 0.29) is 72.5 Å². The van der Waals surface area contributed by atoms with Crippen molar-refractivity contribution in [1.29, 1.82) is 0 Å². The fraction of sp³-hybridized carbons (Fsp3) is 0.333. The lowest BCUT2D eigenvalue weighted by atomic mass is 10.0. The summed E-state index contributed by atoms with van der Waals surface area (Å²) in [6, 6.07) is 34.8. The maximum atomic E-state index is 14.2. The molecule has 7 aromatic rings. The fourth-order valence-electron chi connectivity index (χ4n) is 13.8. The van der Waals surface area contributed by atoms with Gasteiger partial charge in [0.15, 0.2) is 0 Å². The monoisotopic (exact) mass is 1490 g/mol. The number of benzene rings is 4. The maximum Gasteiger partial charge on any atom is 0.254 e. The summed E-state index contributed by atoms with van der Waals surface area (Å²) >= 11 is 16.2. The molecule has 13 rings (SSSR count). The van der Waals surface area contributed by atoms with E-state index >= 15 is 0 Å². The predicted molar refractivity (Wildman–Crippen MR) is 375 cm³/mol. The second kappa shape index (κ2) is 26.1. The van der Waals surface area contributed by atoms with Crippen molar-refractivity contribution < 1.29 is 38.1 Å². The number of halogens is 4. The van der Waals surface area contributed by atoms with Crippen LogP contribution in [0.3, 0.4) is 0 Å². The summed E-state index contributed by atoms with van der Waals surface area (Å²) < 4.78 is 26.8. The van der Waals surface area contributed by atoms with Crippen LogP contribution in [-0.2, 0) is 18.9 Å². The summed E-state index contributed by atoms with van der Waals surface area (Å²) in [7, 11) is 0. The second-order valence-corrected chi connectivity index (χ2v) is 28.6. The molecule has 0 spiro atoms. The number of carbonyl (C=O) groups is 4. The minimum absolute atomic E-state index is 0.0762. The van der Waals surface area contributed by atoms with Crippen molar-refractivity contribution in [2.24, 2.45) is 0 Å². The lowest BCUT2D eigenvalue weighted by Crippen LogP contribution is -2.48. The van der Waals surface area contributed by atoms with E-state index in [0.717, 1.165) is 53.5 Å². The lowest BCUT2D eigenvalue weighted by Gasteiger charge is -2.35. The van der Waals surface area contributed by atoms with Crippen molar-refractivity contribution in [3.63, 3.8) is 0 Å². The van der Waals surface area contributed by atoms with Crippen molar-refractivity contribution in [2.45, 2.75) is 104 Å². The van der Waals surface area contributed by atoms with Crippen LogP contribution in [0.25, 0.3) is 87.7 Å². The Labute approximate surface area is 568 Å². The van der Waals surface area contributed by atoms with Crippen LogP contribution in [0.4, 0.5) is 0 Å². The first kappa shape index (κ1) is 63.9. The molecule has 6 aliphatic heterocycles. The molecule has 3 aromatic heterocycles. The summed E-state index contributed by atoms with van der Waals surface area (Å²) in [5.41, 5.74) is 13.5. The first-order valence-electron chi connectivity index (χ1n) is 31.3. The van der Waals surface area contributed by atoms with Crippen LogP contribution in [0.1, 0.15) is 120 Å². The molecule has 20 heteroatoms. The van der Waals surface area contributed by atoms with E-state index in [1.807, 2.05) is 196 Å². The van der Waals surface area contributed by atoms with Crippen molar-refractivity contribution in [2.75, 3.05) is 52.4 Å². The van der Waals surface area contributed by atoms with Crippen LogP contribution in [0.2, 0.25) is 0 Å². The molecule has 0 radical (unpaired) electrons. The van der Waals surface area contributed by atoms with Crippen LogP contribution in [0.15, 0.2) is 118 Å². The number of aromatic nitrogens is 4. The average Bonchev–Trinajstić information content (AvgIpc) is 1.62. The molecule has 6 aliphatic rings. The first-order chi connectivity index (χ1) is 44.1. The quantitative estimate of drug-likeness (QED) is 0.149. The number of fused-ring (bicyclic) bond motifs is 8. The van der Waals surface area contributed by atoms with Gasteiger partial charge in [-0.2, -0.15) is 0 Å². The van der Waals surface area contributed by atoms with Gasteiger partial charge in [0.2, 0.25) is 0 Å². The topological polar surface area (TPSA) is 176 Å². The van der Waals surface area contributed by atoms with Crippen molar-refractivity contribution in [1.82, 2.24) is 39.5 Å². The molecule has 4 fully saturated rings. The first-order valence-corrected chi connectivity index (χ1v) is 34.4. The molecule has 92 heavy (non-hydrogen) atoms. The third-order valence-corrected chi connectivity index (χ3v) is 20.0. The number of H-pyrrole nitrogens is 2. The highest BCUT2D eigenvalue weighted by Gasteiger charge is 2.33. The van der Waals surface area contributed by atoms with Gasteiger partial charge in [-0.25, -0.2) is 9.97 Å². The van der Waals surface area contributed by atoms with E-state index in [1.165, 1.54) is 0 Å². The van der Waals surface area contributed by atoms with Gasteiger partial charge in [-0.1, -0.05) is 48.5 Å². The van der Waals surface area contributed by atoms with Crippen LogP contribution in [-0.4, -0.2) is 164 Å². The summed E-state index contributed by atoms with van der Waals surface area (Å²) in [4.78, 5) is 83.3. The van der Waals surface area contributed by atoms with Crippen LogP contribution in [0, 0.1) is 0 Å². The number of amides is 4. The molecule has 8 unspecified atom stereocenters. The van der Waals surface area contributed by atoms with Gasteiger partial charge in [0.05, 0.1) is 82.6 Å². The zero-order valence-electron chi connectivity index (χ0n) is 52.3. The molecule has 4 saturated heterocycles. The predicted octanol–water partition coefficient (Wildman–Crippen LogP) is 15.3. The van der Waals surface area contributed by atoms with E-state index in [1.54, 1.807) is 0 Å². The highest BCUT2D eigenvalue weighted by molar-refractivity contribution is 9.15. The number of hydrogen-bond acceptors (Lipinski definition) is 10. The molecule has 2 N–H and O–H groups in total. The molecule has 0 saturated carbocycles. The number of morpholine rings is 4. The largest absolute Gasteiger partial charge is 0.372 e. The highest BCUT2D eigenvalue weighted by atomic mass is 79.9. The molecular formula is C72H70Br4N8O8. The summed E-state index contributed by atoms with van der Waals surface area (Å²) in [5.74, 6) is -0.305. The van der Waals surface area contributed by atoms with Gasteiger partial charge in [-0.3, -0.25) is 19.2 Å². The highest BCUT2D eigenvalue weighted by Crippen LogP contribution is 2.46. The Hall–Kier alpha value is -6.88. The van der Waals surface area contributed by atoms with Gasteiger partial charge in [-0.15, -0.1) is 0 Å². The van der Waals surface area contributed by atoms with Crippen LogP contribution in [0.5, 0.6) is 0 Å². The molecule has 8 bridgehead atoms. The van der Waals surface area contributed by atoms with Crippen LogP contribution < -0.4 is 0 Å². The van der Waals surface area contributed by atoms with E-state index < -0.39 is 0 Å². The molecule has 0 aliphatic carbocycles. The van der Waals surface area contributed by atoms with Gasteiger partial charge >= 0.3 is 0 Å². The number of rotatable bonds is 8. The number of aromatic amines is 2. The van der Waals surface area contributed by atoms with Crippen molar-refractivity contribution in [3.8, 4) is 44.5 Å². The lowest BCUT2D eigenvalue weighted by molar-refractivity contribution is -0.0586. The van der Waals surface area contributed by atoms with Crippen molar-refractivity contribution in [3.05, 3.63) is 163 Å². The molecule has 4 amide bonds. The van der Waals surface area contributed by atoms with E-state index in [2.05, 4.69) is 73.7 Å². The average molecular weight is 1500 g/mol. The van der Waals surface area contributed by atoms with Gasteiger partial charge in [0.25, 0.3) is 23.6 Å². The van der Waals surface area contributed by atoms with Gasteiger partial charge in [0, 0.05) is 126 Å². The Balaban J connectivity index is 1.06. The minimum Gasteiger partial charge on any atom is -0.372 e. The Bertz CT molecular complexity index is 4020. The number of nitrogens with one attached hydrogen (secondary N) is 2. The van der Waals surface area contributed by atoms with Crippen LogP contribution >= 0.6 is 63.7 Å². The standard InChI is InChI=1S/C72H70Br4N8O8/c1-37-29-81(30-38(2)89-37)69(85)49-17-9-45(10-18-49)61-57-25-54(74)66(77-57)63(47-13-21-51(22-14-47)71(87)83-33-41(5)91-42(6)34-83)59-27-56(76)68(79-59)64(48-15-23-52(24-16-48)72(88)84-35-43(7)92-44(8)36-84)60-28-55(75)67(80-60)62(58-26-53(73)65(61)78-58)46-11-19-50(20-12-46)70(86)82-31-39(3)90-40(4)32-82/h9-28,37-44,77,80H,29-36H2,1-8H3. The van der Waals surface area contributed by atoms with E-state index in [9.17, 15) is 19.2 Å². The molecule has 16 nitrogen and oxygen atoms in total. The SMILES string of the molecule is CC1CN(C(=O)c2ccc(-c3c4nc(c(-c5ccc(C(=O)N6CC(C)OC(C)C6)cc5)c5[nH]c(cc5Br)c(-c5ccc(C(=O)N6CC(C)OC(C)C6)cc5)c5nc(c(-c6ccc(C(=O)N7CC(C)OC(C)C7)cc6)c6[nH]c3cc6Br)C=C5Br)C=C4Br)cc2)CC(C)O1. The number of ether oxygens (including phenoxy) is 4. The Morgan fingerprint density at radius 3 is 0.837 bits per heavy atom. The summed E-state index contributed by atoms with van der Waals surface area (Å²) in [5, 5.41) is 0. The molecule has 474 valence electrons. The van der Waals surface area contributed by atoms with Gasteiger partial charge in [-0.05, 0) is 214 Å². The van der Waals surface area contributed by atoms with Gasteiger partial charge < -0.3 is 48.5 Å². The van der Waals surface area contributed by atoms with Gasteiger partial charge in [0.1, 0.15) is 0 Å². The van der Waals surface area contributed by atoms with E-state index in [4.69, 9.17) is 28.9 Å². The minimum atomic E-state index is -0.0963. The number of hydrogen-bond donors (Lipinski definition) is 2. The molecule has 4 aromatic carbocycles. The third-order valence-electron chi connectivity index (χ3n) is 17.5. The number of nitrogens with zero attached hydrogens (tertiary/aromatic N) is 6. The smallest absolute Gasteiger partial charge is 0.254 e. The molecular weight excluding hydrogens is 1420 g/mol. The normalized spacial score (nSPS) is 22.7. The zero-order chi connectivity index (χ0) is 64.5. The Morgan fingerprint density at radius 1 is 0.370 bits per heavy atom. The summed E-state index contributed by atoms with van der Waals surface area (Å²) in [6.07, 6.45) is 3.26. The fourth-order valence-corrected chi connectivity index (χ4v) is 15.9. The maximum absolute atomic E-state index is 14.2.